The Morgan fingerprint density at radius 3 is 1.59 bits per heavy atom. The maximum Gasteiger partial charge on any atom is 0.0546 e. The third-order valence-corrected chi connectivity index (χ3v) is 8.87. The molecule has 0 amide bonds. The van der Waals surface area contributed by atoms with Gasteiger partial charge in [-0.3, -0.25) is 0 Å². The summed E-state index contributed by atoms with van der Waals surface area (Å²) in [6, 6.07) is 52.8. The largest absolute Gasteiger partial charge is 0.337 e. The van der Waals surface area contributed by atoms with E-state index in [2.05, 4.69) is 194 Å². The zero-order chi connectivity index (χ0) is 31.5. The first-order chi connectivity index (χ1) is 22.6. The Morgan fingerprint density at radius 2 is 1.00 bits per heavy atom. The summed E-state index contributed by atoms with van der Waals surface area (Å²) in [4.78, 5) is 4.83. The van der Waals surface area contributed by atoms with Crippen molar-refractivity contribution in [3.05, 3.63) is 175 Å². The second-order valence-electron chi connectivity index (χ2n) is 11.9. The van der Waals surface area contributed by atoms with E-state index in [9.17, 15) is 0 Å². The summed E-state index contributed by atoms with van der Waals surface area (Å²) < 4.78 is 0. The summed E-state index contributed by atoms with van der Waals surface area (Å²) in [5, 5.41) is 7.43. The van der Waals surface area contributed by atoms with E-state index in [0.29, 0.717) is 0 Å². The number of hydrogen-bond acceptors (Lipinski definition) is 2. The van der Waals surface area contributed by atoms with Crippen molar-refractivity contribution in [1.82, 2.24) is 0 Å². The SMILES string of the molecule is C/C=C(C)\C=C/CN(c1ccccc1)c1cc2c3ccccc3c(N(c3ccccc3)c3ccc(C)cc3)cc2c2ccccc12. The van der Waals surface area contributed by atoms with Gasteiger partial charge in [0.1, 0.15) is 0 Å². The number of anilines is 5. The Hall–Kier alpha value is -5.60. The van der Waals surface area contributed by atoms with E-state index in [-0.39, 0.29) is 0 Å². The standard InChI is InChI=1S/C44H38N2/c1-4-32(2)16-15-29-45(34-17-7-5-8-18-34)43-30-41-38-22-12-14-24-40(38)44(31-42(41)37-21-11-13-23-39(37)43)46(35-19-9-6-10-20-35)36-27-25-33(3)26-28-36/h4-28,30-31H,29H2,1-3H3/b16-15-,32-4-. The molecule has 0 heterocycles. The topological polar surface area (TPSA) is 6.48 Å². The number of benzene rings is 7. The molecule has 0 radical (unpaired) electrons. The van der Waals surface area contributed by atoms with Gasteiger partial charge in [0.25, 0.3) is 0 Å². The van der Waals surface area contributed by atoms with Crippen molar-refractivity contribution in [2.45, 2.75) is 20.8 Å². The fourth-order valence-electron chi connectivity index (χ4n) is 6.41. The van der Waals surface area contributed by atoms with Crippen molar-refractivity contribution in [3.8, 4) is 0 Å². The van der Waals surface area contributed by atoms with Crippen LogP contribution in [0.25, 0.3) is 32.3 Å². The fourth-order valence-corrected chi connectivity index (χ4v) is 6.41. The molecule has 7 rings (SSSR count). The van der Waals surface area contributed by atoms with E-state index in [1.165, 1.54) is 60.5 Å². The number of fused-ring (bicyclic) bond motifs is 5. The lowest BCUT2D eigenvalue weighted by Gasteiger charge is -2.29. The Balaban J connectivity index is 1.53. The minimum Gasteiger partial charge on any atom is -0.337 e. The highest BCUT2D eigenvalue weighted by atomic mass is 15.1. The van der Waals surface area contributed by atoms with Gasteiger partial charge in [-0.05, 0) is 90.8 Å². The summed E-state index contributed by atoms with van der Waals surface area (Å²) >= 11 is 0. The molecule has 7 aromatic carbocycles. The Kier molecular flexibility index (Phi) is 8.10. The number of rotatable bonds is 8. The van der Waals surface area contributed by atoms with Gasteiger partial charge in [-0.2, -0.15) is 0 Å². The molecule has 46 heavy (non-hydrogen) atoms. The average Bonchev–Trinajstić information content (AvgIpc) is 3.11. The minimum atomic E-state index is 0.760. The predicted octanol–water partition coefficient (Wildman–Crippen LogP) is 12.6. The molecule has 0 N–H and O–H groups in total. The van der Waals surface area contributed by atoms with Gasteiger partial charge in [0.2, 0.25) is 0 Å². The normalized spacial score (nSPS) is 11.9. The van der Waals surface area contributed by atoms with Crippen LogP contribution in [0.4, 0.5) is 28.4 Å². The third kappa shape index (κ3) is 5.55. The van der Waals surface area contributed by atoms with Crippen LogP contribution in [-0.4, -0.2) is 6.54 Å². The van der Waals surface area contributed by atoms with Crippen molar-refractivity contribution in [2.24, 2.45) is 0 Å². The summed E-state index contributed by atoms with van der Waals surface area (Å²) in [5.74, 6) is 0. The van der Waals surface area contributed by atoms with Gasteiger partial charge < -0.3 is 9.80 Å². The lowest BCUT2D eigenvalue weighted by atomic mass is 9.93. The van der Waals surface area contributed by atoms with Gasteiger partial charge in [-0.25, -0.2) is 0 Å². The van der Waals surface area contributed by atoms with E-state index in [0.717, 1.165) is 17.9 Å². The van der Waals surface area contributed by atoms with Crippen LogP contribution in [0, 0.1) is 6.92 Å². The predicted molar refractivity (Wildman–Crippen MR) is 200 cm³/mol. The molecular weight excluding hydrogens is 556 g/mol. The first-order valence-corrected chi connectivity index (χ1v) is 16.0. The molecule has 0 aliphatic heterocycles. The molecule has 2 heteroatoms. The number of hydrogen-bond donors (Lipinski definition) is 0. The molecule has 0 saturated carbocycles. The van der Waals surface area contributed by atoms with Gasteiger partial charge in [-0.1, -0.05) is 126 Å². The highest BCUT2D eigenvalue weighted by Crippen LogP contribution is 2.46. The van der Waals surface area contributed by atoms with Crippen LogP contribution in [0.3, 0.4) is 0 Å². The van der Waals surface area contributed by atoms with E-state index >= 15 is 0 Å². The third-order valence-electron chi connectivity index (χ3n) is 8.87. The zero-order valence-electron chi connectivity index (χ0n) is 26.7. The van der Waals surface area contributed by atoms with Crippen LogP contribution in [0.5, 0.6) is 0 Å². The first kappa shape index (κ1) is 29.1. The van der Waals surface area contributed by atoms with Crippen LogP contribution in [0.15, 0.2) is 169 Å². The monoisotopic (exact) mass is 594 g/mol. The van der Waals surface area contributed by atoms with Crippen molar-refractivity contribution in [2.75, 3.05) is 16.3 Å². The molecule has 2 nitrogen and oxygen atoms in total. The molecule has 0 aliphatic carbocycles. The van der Waals surface area contributed by atoms with Gasteiger partial charge in [0, 0.05) is 40.1 Å². The fraction of sp³-hybridized carbons (Fsp3) is 0.0909. The van der Waals surface area contributed by atoms with Crippen LogP contribution in [0.2, 0.25) is 0 Å². The lowest BCUT2D eigenvalue weighted by Crippen LogP contribution is -2.17. The van der Waals surface area contributed by atoms with Crippen LogP contribution in [-0.2, 0) is 0 Å². The second kappa shape index (κ2) is 12.8. The van der Waals surface area contributed by atoms with Crippen LogP contribution >= 0.6 is 0 Å². The smallest absolute Gasteiger partial charge is 0.0546 e. The summed E-state index contributed by atoms with van der Waals surface area (Å²) in [6.07, 6.45) is 6.62. The molecule has 0 unspecified atom stereocenters. The zero-order valence-corrected chi connectivity index (χ0v) is 26.7. The first-order valence-electron chi connectivity index (χ1n) is 16.0. The molecule has 0 aliphatic rings. The Morgan fingerprint density at radius 1 is 0.522 bits per heavy atom. The molecule has 224 valence electrons. The van der Waals surface area contributed by atoms with Gasteiger partial charge >= 0.3 is 0 Å². The molecule has 7 aromatic rings. The summed E-state index contributed by atoms with van der Waals surface area (Å²) in [5.41, 5.74) is 8.32. The highest BCUT2D eigenvalue weighted by Gasteiger charge is 2.20. The van der Waals surface area contributed by atoms with Crippen molar-refractivity contribution in [1.29, 1.82) is 0 Å². The average molecular weight is 595 g/mol. The molecule has 0 saturated heterocycles. The van der Waals surface area contributed by atoms with Gasteiger partial charge in [0.15, 0.2) is 0 Å². The quantitative estimate of drug-likeness (QED) is 0.128. The molecule has 0 aromatic heterocycles. The molecule has 0 atom stereocenters. The Bertz CT molecular complexity index is 2190. The van der Waals surface area contributed by atoms with Crippen LogP contribution < -0.4 is 9.80 Å². The maximum absolute atomic E-state index is 2.44. The number of nitrogens with zero attached hydrogens (tertiary/aromatic N) is 2. The van der Waals surface area contributed by atoms with E-state index < -0.39 is 0 Å². The number of allylic oxidation sites excluding steroid dienone is 3. The maximum atomic E-state index is 2.44. The van der Waals surface area contributed by atoms with Crippen LogP contribution in [0.1, 0.15) is 19.4 Å². The van der Waals surface area contributed by atoms with E-state index in [1.54, 1.807) is 0 Å². The van der Waals surface area contributed by atoms with Crippen molar-refractivity contribution in [3.63, 3.8) is 0 Å². The van der Waals surface area contributed by atoms with Gasteiger partial charge in [0.05, 0.1) is 5.69 Å². The highest BCUT2D eigenvalue weighted by molar-refractivity contribution is 6.24. The Labute approximate surface area is 272 Å². The lowest BCUT2D eigenvalue weighted by molar-refractivity contribution is 1.10. The molecule has 0 spiro atoms. The summed E-state index contributed by atoms with van der Waals surface area (Å²) in [7, 11) is 0. The van der Waals surface area contributed by atoms with Crippen molar-refractivity contribution < 1.29 is 0 Å². The molecule has 0 bridgehead atoms. The molecular formula is C44H38N2. The minimum absolute atomic E-state index is 0.760. The molecule has 0 fully saturated rings. The number of aryl methyl sites for hydroxylation is 1. The van der Waals surface area contributed by atoms with E-state index in [1.807, 2.05) is 0 Å². The summed E-state index contributed by atoms with van der Waals surface area (Å²) in [6.45, 7) is 7.13. The van der Waals surface area contributed by atoms with Gasteiger partial charge in [-0.15, -0.1) is 0 Å². The second-order valence-corrected chi connectivity index (χ2v) is 11.9. The number of para-hydroxylation sites is 2. The van der Waals surface area contributed by atoms with E-state index in [4.69, 9.17) is 0 Å². The van der Waals surface area contributed by atoms with Crippen molar-refractivity contribution >= 4 is 60.8 Å².